The van der Waals surface area contributed by atoms with Crippen molar-refractivity contribution in [3.05, 3.63) is 39.4 Å². The number of nitrogens with zero attached hydrogens (tertiary/aromatic N) is 2. The van der Waals surface area contributed by atoms with Crippen molar-refractivity contribution >= 4 is 11.6 Å². The second-order valence-corrected chi connectivity index (χ2v) is 6.01. The van der Waals surface area contributed by atoms with Crippen LogP contribution in [0, 0.1) is 17.0 Å². The Morgan fingerprint density at radius 1 is 1.26 bits per heavy atom. The van der Waals surface area contributed by atoms with Crippen LogP contribution in [0.4, 0.5) is 5.69 Å². The molecule has 0 bridgehead atoms. The molecule has 1 spiro atoms. The number of nitro benzene ring substituents is 1. The Balaban J connectivity index is 1.67. The molecule has 1 aromatic rings. The van der Waals surface area contributed by atoms with Crippen LogP contribution in [0.1, 0.15) is 35.2 Å². The average molecular weight is 320 g/mol. The number of benzene rings is 1. The Morgan fingerprint density at radius 3 is 2.48 bits per heavy atom. The summed E-state index contributed by atoms with van der Waals surface area (Å²) in [7, 11) is 0. The predicted molar refractivity (Wildman–Crippen MR) is 82.2 cm³/mol. The zero-order valence-corrected chi connectivity index (χ0v) is 13.1. The molecular weight excluding hydrogens is 300 g/mol. The largest absolute Gasteiger partial charge is 0.350 e. The van der Waals surface area contributed by atoms with E-state index >= 15 is 0 Å². The normalized spacial score (nSPS) is 20.5. The van der Waals surface area contributed by atoms with Gasteiger partial charge in [0, 0.05) is 43.1 Å². The van der Waals surface area contributed by atoms with E-state index in [0.717, 1.165) is 6.42 Å². The van der Waals surface area contributed by atoms with Crippen molar-refractivity contribution in [1.29, 1.82) is 0 Å². The van der Waals surface area contributed by atoms with E-state index in [0.29, 0.717) is 50.3 Å². The number of hydrogen-bond acceptors (Lipinski definition) is 5. The van der Waals surface area contributed by atoms with E-state index in [9.17, 15) is 14.9 Å². The fourth-order valence-corrected chi connectivity index (χ4v) is 3.13. The number of nitro groups is 1. The van der Waals surface area contributed by atoms with Gasteiger partial charge in [0.25, 0.3) is 11.6 Å². The molecule has 0 aromatic heterocycles. The van der Waals surface area contributed by atoms with Gasteiger partial charge in [-0.3, -0.25) is 14.9 Å². The Labute approximate surface area is 134 Å². The molecule has 124 valence electrons. The van der Waals surface area contributed by atoms with E-state index in [1.165, 1.54) is 12.1 Å². The van der Waals surface area contributed by atoms with Crippen LogP contribution in [0.3, 0.4) is 0 Å². The number of aryl methyl sites for hydroxylation is 1. The third-order valence-electron chi connectivity index (χ3n) is 4.47. The average Bonchev–Trinajstić information content (AvgIpc) is 2.55. The molecule has 23 heavy (non-hydrogen) atoms. The number of piperidine rings is 1. The minimum absolute atomic E-state index is 0.0307. The molecule has 2 fully saturated rings. The van der Waals surface area contributed by atoms with Gasteiger partial charge in [-0.15, -0.1) is 0 Å². The predicted octanol–water partition coefficient (Wildman–Crippen LogP) is 2.27. The lowest BCUT2D eigenvalue weighted by Crippen LogP contribution is -2.51. The highest BCUT2D eigenvalue weighted by atomic mass is 16.7. The fraction of sp³-hybridized carbons (Fsp3) is 0.562. The standard InChI is InChI=1S/C16H20N2O5/c1-12-11-13(3-4-14(12)18(20)21)15(19)17-7-5-16(6-8-17)22-9-2-10-23-16/h3-4,11H,2,5-10H2,1H3. The molecule has 2 aliphatic rings. The first kappa shape index (κ1) is 15.9. The summed E-state index contributed by atoms with van der Waals surface area (Å²) >= 11 is 0. The van der Waals surface area contributed by atoms with Gasteiger partial charge < -0.3 is 14.4 Å². The lowest BCUT2D eigenvalue weighted by molar-refractivity contribution is -0.385. The molecular formula is C16H20N2O5. The van der Waals surface area contributed by atoms with Crippen molar-refractivity contribution in [2.24, 2.45) is 0 Å². The Morgan fingerprint density at radius 2 is 1.91 bits per heavy atom. The van der Waals surface area contributed by atoms with Crippen molar-refractivity contribution in [1.82, 2.24) is 4.90 Å². The molecule has 1 amide bonds. The van der Waals surface area contributed by atoms with E-state index in [1.807, 2.05) is 0 Å². The lowest BCUT2D eigenvalue weighted by atomic mass is 10.0. The van der Waals surface area contributed by atoms with Gasteiger partial charge >= 0.3 is 0 Å². The van der Waals surface area contributed by atoms with Crippen molar-refractivity contribution in [3.8, 4) is 0 Å². The second kappa shape index (κ2) is 6.25. The third-order valence-corrected chi connectivity index (χ3v) is 4.47. The molecule has 0 N–H and O–H groups in total. The van der Waals surface area contributed by atoms with Crippen molar-refractivity contribution in [3.63, 3.8) is 0 Å². The quantitative estimate of drug-likeness (QED) is 0.617. The van der Waals surface area contributed by atoms with E-state index in [4.69, 9.17) is 9.47 Å². The molecule has 1 aromatic carbocycles. The maximum Gasteiger partial charge on any atom is 0.272 e. The number of hydrogen-bond donors (Lipinski definition) is 0. The molecule has 2 heterocycles. The summed E-state index contributed by atoms with van der Waals surface area (Å²) in [6, 6.07) is 4.49. The van der Waals surface area contributed by atoms with Crippen LogP contribution in [0.15, 0.2) is 18.2 Å². The maximum atomic E-state index is 12.6. The molecule has 0 radical (unpaired) electrons. The molecule has 7 nitrogen and oxygen atoms in total. The number of rotatable bonds is 2. The number of carbonyl (C=O) groups is 1. The number of carbonyl (C=O) groups excluding carboxylic acids is 1. The van der Waals surface area contributed by atoms with Crippen LogP contribution in [0.25, 0.3) is 0 Å². The summed E-state index contributed by atoms with van der Waals surface area (Å²) < 4.78 is 11.5. The first-order valence-corrected chi connectivity index (χ1v) is 7.83. The van der Waals surface area contributed by atoms with Gasteiger partial charge in [0.1, 0.15) is 0 Å². The van der Waals surface area contributed by atoms with E-state index in [2.05, 4.69) is 0 Å². The monoisotopic (exact) mass is 320 g/mol. The van der Waals surface area contributed by atoms with Crippen LogP contribution >= 0.6 is 0 Å². The fourth-order valence-electron chi connectivity index (χ4n) is 3.13. The minimum atomic E-state index is -0.527. The van der Waals surface area contributed by atoms with Crippen molar-refractivity contribution in [2.45, 2.75) is 32.0 Å². The smallest absolute Gasteiger partial charge is 0.272 e. The van der Waals surface area contributed by atoms with Crippen LogP contribution in [-0.4, -0.2) is 47.8 Å². The van der Waals surface area contributed by atoms with Crippen LogP contribution in [0.2, 0.25) is 0 Å². The van der Waals surface area contributed by atoms with Gasteiger partial charge in [0.2, 0.25) is 0 Å². The van der Waals surface area contributed by atoms with Crippen molar-refractivity contribution < 1.29 is 19.2 Å². The Hall–Kier alpha value is -1.99. The summed E-state index contributed by atoms with van der Waals surface area (Å²) in [6.07, 6.45) is 2.22. The highest BCUT2D eigenvalue weighted by molar-refractivity contribution is 5.94. The van der Waals surface area contributed by atoms with E-state index in [1.54, 1.807) is 17.9 Å². The number of likely N-dealkylation sites (tertiary alicyclic amines) is 1. The maximum absolute atomic E-state index is 12.6. The van der Waals surface area contributed by atoms with E-state index in [-0.39, 0.29) is 11.6 Å². The van der Waals surface area contributed by atoms with Crippen LogP contribution in [-0.2, 0) is 9.47 Å². The van der Waals surface area contributed by atoms with Crippen molar-refractivity contribution in [2.75, 3.05) is 26.3 Å². The summed E-state index contributed by atoms with van der Waals surface area (Å²) in [5.74, 6) is -0.630. The Kier molecular flexibility index (Phi) is 4.32. The molecule has 0 unspecified atom stereocenters. The second-order valence-electron chi connectivity index (χ2n) is 6.01. The van der Waals surface area contributed by atoms with E-state index < -0.39 is 10.7 Å². The third kappa shape index (κ3) is 3.20. The van der Waals surface area contributed by atoms with Crippen LogP contribution in [0.5, 0.6) is 0 Å². The molecule has 7 heteroatoms. The highest BCUT2D eigenvalue weighted by Gasteiger charge is 2.39. The summed E-state index contributed by atoms with van der Waals surface area (Å²) in [5.41, 5.74) is 1.01. The lowest BCUT2D eigenvalue weighted by Gasteiger charge is -2.43. The first-order valence-electron chi connectivity index (χ1n) is 7.83. The summed E-state index contributed by atoms with van der Waals surface area (Å²) in [6.45, 7) is 4.18. The number of ether oxygens (including phenoxy) is 2. The zero-order valence-electron chi connectivity index (χ0n) is 13.1. The molecule has 3 rings (SSSR count). The Bertz CT molecular complexity index is 615. The minimum Gasteiger partial charge on any atom is -0.350 e. The summed E-state index contributed by atoms with van der Waals surface area (Å²) in [4.78, 5) is 24.8. The van der Waals surface area contributed by atoms with Gasteiger partial charge in [-0.2, -0.15) is 0 Å². The highest BCUT2D eigenvalue weighted by Crippen LogP contribution is 2.31. The number of amides is 1. The van der Waals surface area contributed by atoms with Gasteiger partial charge in [-0.05, 0) is 25.5 Å². The van der Waals surface area contributed by atoms with Gasteiger partial charge in [0.15, 0.2) is 5.79 Å². The van der Waals surface area contributed by atoms with Gasteiger partial charge in [-0.25, -0.2) is 0 Å². The zero-order chi connectivity index (χ0) is 16.4. The molecule has 2 aliphatic heterocycles. The van der Waals surface area contributed by atoms with Crippen LogP contribution < -0.4 is 0 Å². The first-order chi connectivity index (χ1) is 11.0. The topological polar surface area (TPSA) is 81.9 Å². The SMILES string of the molecule is Cc1cc(C(=O)N2CCC3(CC2)OCCCO3)ccc1[N+](=O)[O-]. The molecule has 0 saturated carbocycles. The van der Waals surface area contributed by atoms with Gasteiger partial charge in [-0.1, -0.05) is 0 Å². The molecule has 0 aliphatic carbocycles. The molecule has 0 atom stereocenters. The molecule has 2 saturated heterocycles. The van der Waals surface area contributed by atoms with Gasteiger partial charge in [0.05, 0.1) is 18.1 Å². The summed E-state index contributed by atoms with van der Waals surface area (Å²) in [5, 5.41) is 10.9.